The van der Waals surface area contributed by atoms with Crippen molar-refractivity contribution in [2.24, 2.45) is 5.92 Å². The molecule has 0 radical (unpaired) electrons. The van der Waals surface area contributed by atoms with Gasteiger partial charge in [0.25, 0.3) is 0 Å². The maximum absolute atomic E-state index is 5.62. The van der Waals surface area contributed by atoms with Gasteiger partial charge in [0.05, 0.1) is 25.5 Å². The zero-order chi connectivity index (χ0) is 15.4. The lowest BCUT2D eigenvalue weighted by molar-refractivity contribution is 0.00137. The topological polar surface area (TPSA) is 62.4 Å². The van der Waals surface area contributed by atoms with Crippen LogP contribution in [0.15, 0.2) is 0 Å². The van der Waals surface area contributed by atoms with Crippen molar-refractivity contribution in [3.63, 3.8) is 0 Å². The van der Waals surface area contributed by atoms with Gasteiger partial charge >= 0.3 is 0 Å². The zero-order valence-corrected chi connectivity index (χ0v) is 13.7. The fourth-order valence-electron chi connectivity index (χ4n) is 3.54. The number of aryl methyl sites for hydroxylation is 2. The summed E-state index contributed by atoms with van der Waals surface area (Å²) in [5.74, 6) is 0.636. The lowest BCUT2D eigenvalue weighted by Gasteiger charge is -2.37. The average molecular weight is 308 g/mol. The van der Waals surface area contributed by atoms with Gasteiger partial charge in [-0.25, -0.2) is 0 Å². The second-order valence-electron chi connectivity index (χ2n) is 6.38. The number of hydrogen-bond acceptors (Lipinski definition) is 5. The third-order valence-electron chi connectivity index (χ3n) is 4.96. The average Bonchev–Trinajstić information content (AvgIpc) is 3.17. The molecule has 3 heterocycles. The summed E-state index contributed by atoms with van der Waals surface area (Å²) in [6, 6.07) is 0.541. The molecule has 2 aliphatic rings. The Bertz CT molecular complexity index is 445. The van der Waals surface area contributed by atoms with E-state index in [9.17, 15) is 0 Å². The van der Waals surface area contributed by atoms with E-state index in [1.54, 1.807) is 0 Å². The first-order valence-corrected chi connectivity index (χ1v) is 8.36. The van der Waals surface area contributed by atoms with E-state index in [0.717, 1.165) is 64.0 Å². The van der Waals surface area contributed by atoms with Gasteiger partial charge in [0.15, 0.2) is 0 Å². The number of rotatable bonds is 6. The van der Waals surface area contributed by atoms with E-state index < -0.39 is 0 Å². The molecule has 1 aromatic heterocycles. The summed E-state index contributed by atoms with van der Waals surface area (Å²) in [6.07, 6.45) is 1.17. The van der Waals surface area contributed by atoms with Gasteiger partial charge in [0, 0.05) is 56.0 Å². The Labute approximate surface area is 132 Å². The van der Waals surface area contributed by atoms with Crippen LogP contribution in [0.4, 0.5) is 0 Å². The summed E-state index contributed by atoms with van der Waals surface area (Å²) >= 11 is 0. The molecular formula is C16H28N4O2. The smallest absolute Gasteiger partial charge is 0.0638 e. The molecule has 2 atom stereocenters. The maximum atomic E-state index is 5.62. The van der Waals surface area contributed by atoms with Crippen LogP contribution in [0.25, 0.3) is 0 Å². The summed E-state index contributed by atoms with van der Waals surface area (Å²) in [6.45, 7) is 11.6. The van der Waals surface area contributed by atoms with E-state index in [2.05, 4.69) is 34.3 Å². The molecule has 6 heteroatoms. The van der Waals surface area contributed by atoms with Crippen molar-refractivity contribution in [1.29, 1.82) is 0 Å². The third-order valence-corrected chi connectivity index (χ3v) is 4.96. The number of hydrogen-bond donors (Lipinski definition) is 2. The van der Waals surface area contributed by atoms with E-state index in [1.807, 2.05) is 0 Å². The molecule has 0 bridgehead atoms. The molecule has 1 aromatic rings. The largest absolute Gasteiger partial charge is 0.381 e. The van der Waals surface area contributed by atoms with Gasteiger partial charge < -0.3 is 14.8 Å². The predicted molar refractivity (Wildman–Crippen MR) is 84.9 cm³/mol. The molecule has 0 amide bonds. The minimum atomic E-state index is 0.541. The van der Waals surface area contributed by atoms with Crippen LogP contribution in [0.2, 0.25) is 0 Å². The number of aromatic nitrogens is 2. The van der Waals surface area contributed by atoms with Crippen molar-refractivity contribution < 1.29 is 9.47 Å². The normalized spacial score (nSPS) is 24.7. The number of H-pyrrole nitrogens is 1. The van der Waals surface area contributed by atoms with Gasteiger partial charge in [0.1, 0.15) is 0 Å². The van der Waals surface area contributed by atoms with Gasteiger partial charge in [-0.2, -0.15) is 5.10 Å². The number of nitrogens with zero attached hydrogens (tertiary/aromatic N) is 2. The van der Waals surface area contributed by atoms with Crippen LogP contribution in [0.3, 0.4) is 0 Å². The van der Waals surface area contributed by atoms with Crippen molar-refractivity contribution in [2.45, 2.75) is 32.9 Å². The fourth-order valence-corrected chi connectivity index (χ4v) is 3.54. The van der Waals surface area contributed by atoms with Crippen LogP contribution in [-0.2, 0) is 16.0 Å². The van der Waals surface area contributed by atoms with E-state index in [0.29, 0.717) is 12.0 Å². The summed E-state index contributed by atoms with van der Waals surface area (Å²) in [5.41, 5.74) is 3.55. The number of morpholine rings is 1. The summed E-state index contributed by atoms with van der Waals surface area (Å²) in [7, 11) is 0. The molecule has 0 saturated carbocycles. The quantitative estimate of drug-likeness (QED) is 0.816. The van der Waals surface area contributed by atoms with E-state index in [1.165, 1.54) is 12.0 Å². The molecule has 0 unspecified atom stereocenters. The lowest BCUT2D eigenvalue weighted by Crippen LogP contribution is -2.51. The summed E-state index contributed by atoms with van der Waals surface area (Å²) in [4.78, 5) is 2.57. The second-order valence-corrected chi connectivity index (χ2v) is 6.38. The molecule has 0 spiro atoms. The van der Waals surface area contributed by atoms with Crippen molar-refractivity contribution in [2.75, 3.05) is 46.1 Å². The maximum Gasteiger partial charge on any atom is 0.0638 e. The first kappa shape index (κ1) is 15.9. The predicted octanol–water partition coefficient (Wildman–Crippen LogP) is 0.853. The molecule has 22 heavy (non-hydrogen) atoms. The molecule has 2 aliphatic heterocycles. The van der Waals surface area contributed by atoms with Gasteiger partial charge in [0.2, 0.25) is 0 Å². The van der Waals surface area contributed by atoms with Crippen LogP contribution in [0.5, 0.6) is 0 Å². The van der Waals surface area contributed by atoms with Crippen LogP contribution >= 0.6 is 0 Å². The fraction of sp³-hybridized carbons (Fsp3) is 0.812. The Morgan fingerprint density at radius 3 is 2.73 bits per heavy atom. The van der Waals surface area contributed by atoms with Crippen molar-refractivity contribution in [1.82, 2.24) is 20.4 Å². The van der Waals surface area contributed by atoms with E-state index >= 15 is 0 Å². The Hall–Kier alpha value is -0.950. The third kappa shape index (κ3) is 3.68. The second kappa shape index (κ2) is 7.55. The Morgan fingerprint density at radius 2 is 2.09 bits per heavy atom. The first-order valence-electron chi connectivity index (χ1n) is 8.36. The molecule has 0 aromatic carbocycles. The number of nitrogens with one attached hydrogen (secondary N) is 2. The van der Waals surface area contributed by atoms with E-state index in [-0.39, 0.29) is 0 Å². The molecule has 2 saturated heterocycles. The lowest BCUT2D eigenvalue weighted by atomic mass is 9.96. The highest BCUT2D eigenvalue weighted by atomic mass is 16.5. The monoisotopic (exact) mass is 308 g/mol. The van der Waals surface area contributed by atoms with Crippen molar-refractivity contribution in [3.8, 4) is 0 Å². The zero-order valence-electron chi connectivity index (χ0n) is 13.7. The molecular weight excluding hydrogens is 280 g/mol. The van der Waals surface area contributed by atoms with Crippen LogP contribution in [-0.4, -0.2) is 67.2 Å². The molecule has 0 aliphatic carbocycles. The van der Waals surface area contributed by atoms with Gasteiger partial charge in [-0.15, -0.1) is 0 Å². The first-order chi connectivity index (χ1) is 10.8. The Kier molecular flexibility index (Phi) is 5.46. The van der Waals surface area contributed by atoms with Gasteiger partial charge in [-0.1, -0.05) is 0 Å². The molecule has 6 nitrogen and oxygen atoms in total. The van der Waals surface area contributed by atoms with Crippen molar-refractivity contribution >= 4 is 0 Å². The minimum absolute atomic E-state index is 0.541. The minimum Gasteiger partial charge on any atom is -0.381 e. The molecule has 2 N–H and O–H groups in total. The molecule has 3 rings (SSSR count). The van der Waals surface area contributed by atoms with E-state index in [4.69, 9.17) is 9.47 Å². The molecule has 2 fully saturated rings. The van der Waals surface area contributed by atoms with Gasteiger partial charge in [-0.05, 0) is 20.3 Å². The SMILES string of the molecule is Cc1n[nH]c(C)c1CNC[C@H]([C@@H]1CCOC1)N1CCOCC1. The molecule has 124 valence electrons. The highest BCUT2D eigenvalue weighted by Gasteiger charge is 2.31. The summed E-state index contributed by atoms with van der Waals surface area (Å²) < 4.78 is 11.1. The van der Waals surface area contributed by atoms with Gasteiger partial charge in [-0.3, -0.25) is 10.00 Å². The number of aromatic amines is 1. The highest BCUT2D eigenvalue weighted by molar-refractivity contribution is 5.22. The van der Waals surface area contributed by atoms with Crippen LogP contribution < -0.4 is 5.32 Å². The number of ether oxygens (including phenoxy) is 2. The van der Waals surface area contributed by atoms with Crippen LogP contribution in [0.1, 0.15) is 23.4 Å². The summed E-state index contributed by atoms with van der Waals surface area (Å²) in [5, 5.41) is 11.0. The Balaban J connectivity index is 1.57. The standard InChI is InChI=1S/C16H28N4O2/c1-12-15(13(2)19-18-12)9-17-10-16(14-3-6-22-11-14)20-4-7-21-8-5-20/h14,16-17H,3-11H2,1-2H3,(H,18,19)/t14-,16-/m1/s1. The Morgan fingerprint density at radius 1 is 1.27 bits per heavy atom. The van der Waals surface area contributed by atoms with Crippen LogP contribution in [0, 0.1) is 19.8 Å². The highest BCUT2D eigenvalue weighted by Crippen LogP contribution is 2.22. The van der Waals surface area contributed by atoms with Crippen molar-refractivity contribution in [3.05, 3.63) is 17.0 Å².